The largest absolute Gasteiger partial charge is 0.478 e. The second-order valence-corrected chi connectivity index (χ2v) is 7.35. The number of hydrogen-bond acceptors (Lipinski definition) is 3. The number of carbonyl (C=O) groups is 1. The Kier molecular flexibility index (Phi) is 8.41. The van der Waals surface area contributed by atoms with E-state index in [1.807, 2.05) is 19.1 Å². The van der Waals surface area contributed by atoms with Crippen LogP contribution in [0.1, 0.15) is 17.2 Å². The van der Waals surface area contributed by atoms with Crippen molar-refractivity contribution in [1.82, 2.24) is 0 Å². The maximum Gasteiger partial charge on any atom is 0.349 e. The van der Waals surface area contributed by atoms with Crippen LogP contribution in [0, 0.1) is 6.92 Å². The van der Waals surface area contributed by atoms with Gasteiger partial charge in [0.25, 0.3) is 0 Å². The molecule has 0 amide bonds. The molecule has 0 heterocycles. The molecular formula is C15H13Cl3O4S. The fourth-order valence-electron chi connectivity index (χ4n) is 1.72. The lowest BCUT2D eigenvalue weighted by molar-refractivity contribution is -0.145. The fraction of sp³-hybridized carbons (Fsp3) is 0.133. The molecule has 0 aliphatic heterocycles. The van der Waals surface area contributed by atoms with Gasteiger partial charge < -0.3 is 9.84 Å². The second-order valence-electron chi connectivity index (χ2n) is 4.39. The van der Waals surface area contributed by atoms with Gasteiger partial charge in [-0.15, -0.1) is 0 Å². The molecule has 4 nitrogen and oxygen atoms in total. The summed E-state index contributed by atoms with van der Waals surface area (Å²) in [4.78, 5) is 11.3. The number of carboxylic acids is 1. The molecule has 0 bridgehead atoms. The molecule has 2 rings (SSSR count). The van der Waals surface area contributed by atoms with Gasteiger partial charge in [-0.1, -0.05) is 35.9 Å². The van der Waals surface area contributed by atoms with E-state index in [2.05, 4.69) is 21.4 Å². The lowest BCUT2D eigenvalue weighted by atomic mass is 10.1. The number of hydrogen-bond donors (Lipinski definition) is 1. The molecule has 0 radical (unpaired) electrons. The molecule has 1 N–H and O–H groups in total. The number of rotatable bonds is 4. The summed E-state index contributed by atoms with van der Waals surface area (Å²) >= 11 is 5.79. The highest BCUT2D eigenvalue weighted by atomic mass is 36.0. The molecule has 23 heavy (non-hydrogen) atoms. The van der Waals surface area contributed by atoms with E-state index in [1.54, 1.807) is 36.4 Å². The fourth-order valence-corrected chi connectivity index (χ4v) is 1.85. The van der Waals surface area contributed by atoms with Crippen LogP contribution in [0.2, 0.25) is 5.02 Å². The minimum atomic E-state index is -1.67. The number of aliphatic carboxylic acids is 1. The molecule has 1 atom stereocenters. The van der Waals surface area contributed by atoms with Gasteiger partial charge in [-0.2, -0.15) is 0 Å². The SMILES string of the molecule is Cc1cccc(OC(C(=O)O)c2ccc(Cl)cc2)c1.O=S(Cl)Cl. The van der Waals surface area contributed by atoms with Gasteiger partial charge in [0.05, 0.1) is 0 Å². The molecule has 0 saturated heterocycles. The van der Waals surface area contributed by atoms with Crippen molar-refractivity contribution in [2.24, 2.45) is 0 Å². The standard InChI is InChI=1S/C15H13ClO3.Cl2OS/c1-10-3-2-4-13(9-10)19-14(15(17)18)11-5-7-12(16)8-6-11;1-4(2)3/h2-9,14H,1H3,(H,17,18);. The third-order valence-electron chi connectivity index (χ3n) is 2.64. The Balaban J connectivity index is 0.000000593. The predicted octanol–water partition coefficient (Wildman–Crippen LogP) is 4.90. The molecule has 0 saturated carbocycles. The summed E-state index contributed by atoms with van der Waals surface area (Å²) in [5, 5.41) is 9.83. The molecule has 0 aliphatic rings. The van der Waals surface area contributed by atoms with E-state index in [4.69, 9.17) is 20.5 Å². The first-order valence-corrected chi connectivity index (χ1v) is 9.43. The zero-order valence-corrected chi connectivity index (χ0v) is 15.0. The third-order valence-corrected chi connectivity index (χ3v) is 2.89. The van der Waals surface area contributed by atoms with Crippen LogP contribution in [0.15, 0.2) is 48.5 Å². The van der Waals surface area contributed by atoms with E-state index in [1.165, 1.54) is 0 Å². The van der Waals surface area contributed by atoms with Crippen molar-refractivity contribution < 1.29 is 18.8 Å². The first kappa shape index (κ1) is 19.8. The van der Waals surface area contributed by atoms with Crippen molar-refractivity contribution in [3.05, 3.63) is 64.7 Å². The van der Waals surface area contributed by atoms with Crippen molar-refractivity contribution in [3.8, 4) is 5.75 Å². The van der Waals surface area contributed by atoms with Crippen LogP contribution in [0.25, 0.3) is 0 Å². The third kappa shape index (κ3) is 7.70. The van der Waals surface area contributed by atoms with Crippen molar-refractivity contribution in [2.45, 2.75) is 13.0 Å². The molecule has 1 unspecified atom stereocenters. The van der Waals surface area contributed by atoms with Gasteiger partial charge in [0, 0.05) is 32.0 Å². The van der Waals surface area contributed by atoms with Gasteiger partial charge in [-0.05, 0) is 36.8 Å². The Morgan fingerprint density at radius 3 is 2.22 bits per heavy atom. The first-order chi connectivity index (χ1) is 10.8. The molecule has 8 heteroatoms. The van der Waals surface area contributed by atoms with Gasteiger partial charge in [-0.3, -0.25) is 0 Å². The Morgan fingerprint density at radius 1 is 1.17 bits per heavy atom. The van der Waals surface area contributed by atoms with Gasteiger partial charge >= 0.3 is 5.97 Å². The van der Waals surface area contributed by atoms with Crippen LogP contribution in [-0.2, 0) is 14.0 Å². The molecule has 2 aromatic carbocycles. The Bertz CT molecular complexity index is 673. The Hall–Kier alpha value is -1.27. The van der Waals surface area contributed by atoms with E-state index >= 15 is 0 Å². The van der Waals surface area contributed by atoms with Gasteiger partial charge in [0.15, 0.2) is 0 Å². The summed E-state index contributed by atoms with van der Waals surface area (Å²) in [5.74, 6) is -0.508. The summed E-state index contributed by atoms with van der Waals surface area (Å²) in [6.07, 6.45) is -1.04. The molecule has 0 aromatic heterocycles. The van der Waals surface area contributed by atoms with E-state index in [0.29, 0.717) is 16.3 Å². The van der Waals surface area contributed by atoms with Crippen molar-refractivity contribution in [3.63, 3.8) is 0 Å². The first-order valence-electron chi connectivity index (χ1n) is 6.25. The van der Waals surface area contributed by atoms with Crippen LogP contribution in [0.3, 0.4) is 0 Å². The number of ether oxygens (including phenoxy) is 1. The topological polar surface area (TPSA) is 63.6 Å². The van der Waals surface area contributed by atoms with Crippen LogP contribution < -0.4 is 4.74 Å². The minimum absolute atomic E-state index is 0.530. The highest BCUT2D eigenvalue weighted by Crippen LogP contribution is 2.24. The van der Waals surface area contributed by atoms with Crippen molar-refractivity contribution in [2.75, 3.05) is 0 Å². The van der Waals surface area contributed by atoms with Gasteiger partial charge in [0.1, 0.15) is 5.75 Å². The lowest BCUT2D eigenvalue weighted by Gasteiger charge is -2.15. The van der Waals surface area contributed by atoms with Crippen LogP contribution >= 0.6 is 33.0 Å². The van der Waals surface area contributed by atoms with Crippen molar-refractivity contribution in [1.29, 1.82) is 0 Å². The maximum absolute atomic E-state index is 11.3. The van der Waals surface area contributed by atoms with Crippen LogP contribution in [0.5, 0.6) is 5.75 Å². The molecule has 0 aliphatic carbocycles. The zero-order valence-electron chi connectivity index (χ0n) is 11.9. The van der Waals surface area contributed by atoms with E-state index in [-0.39, 0.29) is 0 Å². The summed E-state index contributed by atoms with van der Waals surface area (Å²) in [6.45, 7) is 1.92. The average Bonchev–Trinajstić information content (AvgIpc) is 2.45. The number of halogens is 3. The zero-order chi connectivity index (χ0) is 17.4. The number of aryl methyl sites for hydroxylation is 1. The molecule has 0 fully saturated rings. The molecule has 2 aromatic rings. The lowest BCUT2D eigenvalue weighted by Crippen LogP contribution is -2.18. The summed E-state index contributed by atoms with van der Waals surface area (Å²) in [6, 6.07) is 13.9. The highest BCUT2D eigenvalue weighted by molar-refractivity contribution is 8.26. The van der Waals surface area contributed by atoms with E-state index in [9.17, 15) is 9.90 Å². The van der Waals surface area contributed by atoms with Crippen molar-refractivity contribution >= 4 is 48.2 Å². The van der Waals surface area contributed by atoms with Gasteiger partial charge in [0.2, 0.25) is 15.3 Å². The molecule has 0 spiro atoms. The Morgan fingerprint density at radius 2 is 1.74 bits per heavy atom. The maximum atomic E-state index is 11.3. The summed E-state index contributed by atoms with van der Waals surface area (Å²) in [5.41, 5.74) is 1.57. The molecule has 124 valence electrons. The van der Waals surface area contributed by atoms with Crippen LogP contribution in [0.4, 0.5) is 0 Å². The second kappa shape index (κ2) is 9.78. The predicted molar refractivity (Wildman–Crippen MR) is 93.5 cm³/mol. The van der Waals surface area contributed by atoms with Gasteiger partial charge in [-0.25, -0.2) is 9.00 Å². The number of carboxylic acid groups (broad SMARTS) is 1. The highest BCUT2D eigenvalue weighted by Gasteiger charge is 2.21. The van der Waals surface area contributed by atoms with E-state index < -0.39 is 21.3 Å². The molecular weight excluding hydrogens is 383 g/mol. The quantitative estimate of drug-likeness (QED) is 0.748. The minimum Gasteiger partial charge on any atom is -0.478 e. The average molecular weight is 396 g/mol. The summed E-state index contributed by atoms with van der Waals surface area (Å²) < 4.78 is 14.6. The van der Waals surface area contributed by atoms with Crippen LogP contribution in [-0.4, -0.2) is 15.3 Å². The normalized spacial score (nSPS) is 11.3. The smallest absolute Gasteiger partial charge is 0.349 e. The number of benzene rings is 2. The summed E-state index contributed by atoms with van der Waals surface area (Å²) in [7, 11) is 7.36. The Labute approximate surface area is 150 Å². The monoisotopic (exact) mass is 394 g/mol. The van der Waals surface area contributed by atoms with E-state index in [0.717, 1.165) is 5.56 Å².